The summed E-state index contributed by atoms with van der Waals surface area (Å²) >= 11 is 0. The number of hydrogen-bond acceptors (Lipinski definition) is 6. The minimum Gasteiger partial charge on any atom is -0.462 e. The molecule has 0 radical (unpaired) electrons. The van der Waals surface area contributed by atoms with E-state index in [2.05, 4.69) is 15.1 Å². The van der Waals surface area contributed by atoms with Crippen molar-refractivity contribution in [2.45, 2.75) is 37.8 Å². The molecule has 0 aliphatic carbocycles. The van der Waals surface area contributed by atoms with Crippen LogP contribution in [0, 0.1) is 0 Å². The van der Waals surface area contributed by atoms with Crippen molar-refractivity contribution in [1.82, 2.24) is 15.1 Å². The first-order chi connectivity index (χ1) is 11.6. The molecule has 0 spiro atoms. The first-order valence-corrected chi connectivity index (χ1v) is 10.9. The van der Waals surface area contributed by atoms with Gasteiger partial charge in [0.05, 0.1) is 11.0 Å². The Kier molecular flexibility index (Phi) is 8.20. The molecule has 142 valence electrons. The summed E-state index contributed by atoms with van der Waals surface area (Å²) in [5, 5.41) is 4.79. The molecular formula is C14H24N3O6PS. The summed E-state index contributed by atoms with van der Waals surface area (Å²) in [6.07, 6.45) is -0.674. The van der Waals surface area contributed by atoms with Gasteiger partial charge in [-0.15, -0.1) is 4.83 Å². The maximum atomic E-state index is 12.8. The molecule has 0 aliphatic heterocycles. The molecule has 0 saturated carbocycles. The summed E-state index contributed by atoms with van der Waals surface area (Å²) in [5.41, 5.74) is 0. The van der Waals surface area contributed by atoms with Crippen LogP contribution in [0.3, 0.4) is 0 Å². The Morgan fingerprint density at radius 3 is 2.32 bits per heavy atom. The van der Waals surface area contributed by atoms with Gasteiger partial charge in [-0.3, -0.25) is 9.36 Å². The van der Waals surface area contributed by atoms with Crippen LogP contribution in [0.5, 0.6) is 0 Å². The smallest absolute Gasteiger partial charge is 0.323 e. The van der Waals surface area contributed by atoms with Crippen LogP contribution in [0.1, 0.15) is 20.8 Å². The predicted molar refractivity (Wildman–Crippen MR) is 93.2 cm³/mol. The zero-order chi connectivity index (χ0) is 19.1. The number of ether oxygens (including phenoxy) is 2. The number of carbonyl (C=O) groups is 1. The summed E-state index contributed by atoms with van der Waals surface area (Å²) < 4.78 is 47.1. The molecule has 0 heterocycles. The molecule has 0 aliphatic rings. The van der Waals surface area contributed by atoms with Crippen molar-refractivity contribution in [2.24, 2.45) is 0 Å². The van der Waals surface area contributed by atoms with Crippen molar-refractivity contribution < 1.29 is 27.3 Å². The Labute approximate surface area is 148 Å². The SMILES string of the molecule is COCP(=O)(NNS(=O)(=O)c1ccccc1)N[C@@H](C)C(=O)OC(C)C. The van der Waals surface area contributed by atoms with E-state index in [-0.39, 0.29) is 17.3 Å². The van der Waals surface area contributed by atoms with Crippen LogP contribution in [0.25, 0.3) is 0 Å². The van der Waals surface area contributed by atoms with Crippen LogP contribution in [0.4, 0.5) is 0 Å². The monoisotopic (exact) mass is 393 g/mol. The average Bonchev–Trinajstić information content (AvgIpc) is 2.53. The van der Waals surface area contributed by atoms with E-state index in [9.17, 15) is 17.8 Å². The van der Waals surface area contributed by atoms with E-state index in [0.29, 0.717) is 0 Å². The quantitative estimate of drug-likeness (QED) is 0.308. The van der Waals surface area contributed by atoms with Gasteiger partial charge in [-0.2, -0.15) is 5.20 Å². The van der Waals surface area contributed by atoms with Crippen LogP contribution in [0.15, 0.2) is 35.2 Å². The highest BCUT2D eigenvalue weighted by Gasteiger charge is 2.30. The van der Waals surface area contributed by atoms with Crippen LogP contribution < -0.4 is 15.1 Å². The van der Waals surface area contributed by atoms with Crippen molar-refractivity contribution in [1.29, 1.82) is 0 Å². The molecule has 2 atom stereocenters. The normalized spacial score (nSPS) is 15.6. The highest BCUT2D eigenvalue weighted by atomic mass is 32.2. The third-order valence-electron chi connectivity index (χ3n) is 2.83. The second-order valence-corrected chi connectivity index (χ2v) is 9.43. The van der Waals surface area contributed by atoms with Crippen LogP contribution in [0.2, 0.25) is 0 Å². The van der Waals surface area contributed by atoms with Crippen molar-refractivity contribution in [3.8, 4) is 0 Å². The third-order valence-corrected chi connectivity index (χ3v) is 6.15. The summed E-state index contributed by atoms with van der Waals surface area (Å²) in [6, 6.07) is 6.64. The number of sulfonamides is 1. The Morgan fingerprint density at radius 1 is 1.20 bits per heavy atom. The van der Waals surface area contributed by atoms with E-state index in [4.69, 9.17) is 9.47 Å². The van der Waals surface area contributed by atoms with Gasteiger partial charge < -0.3 is 9.47 Å². The van der Waals surface area contributed by atoms with Gasteiger partial charge in [-0.05, 0) is 32.9 Å². The van der Waals surface area contributed by atoms with Gasteiger partial charge in [-0.1, -0.05) is 18.2 Å². The zero-order valence-electron chi connectivity index (χ0n) is 14.6. The Hall–Kier alpha value is -1.29. The number of benzene rings is 1. The average molecular weight is 393 g/mol. The fourth-order valence-electron chi connectivity index (χ4n) is 1.78. The molecule has 1 rings (SSSR count). The molecular weight excluding hydrogens is 369 g/mol. The molecule has 9 nitrogen and oxygen atoms in total. The largest absolute Gasteiger partial charge is 0.462 e. The van der Waals surface area contributed by atoms with E-state index in [1.54, 1.807) is 32.0 Å². The number of hydrogen-bond donors (Lipinski definition) is 3. The molecule has 0 saturated heterocycles. The van der Waals surface area contributed by atoms with Gasteiger partial charge >= 0.3 is 5.97 Å². The second kappa shape index (κ2) is 9.42. The molecule has 0 fully saturated rings. The molecule has 11 heteroatoms. The first-order valence-electron chi connectivity index (χ1n) is 7.50. The van der Waals surface area contributed by atoms with Gasteiger partial charge in [-0.25, -0.2) is 13.5 Å². The summed E-state index contributed by atoms with van der Waals surface area (Å²) in [7, 11) is -6.23. The van der Waals surface area contributed by atoms with Crippen molar-refractivity contribution in [2.75, 3.05) is 13.5 Å². The Bertz CT molecular complexity index is 711. The fourth-order valence-corrected chi connectivity index (χ4v) is 4.78. The maximum Gasteiger partial charge on any atom is 0.323 e. The molecule has 0 amide bonds. The lowest BCUT2D eigenvalue weighted by atomic mass is 10.4. The number of carbonyl (C=O) groups excluding carboxylic acids is 1. The summed E-state index contributed by atoms with van der Waals surface area (Å²) in [5.74, 6) is -0.612. The summed E-state index contributed by atoms with van der Waals surface area (Å²) in [6.45, 7) is 4.83. The van der Waals surface area contributed by atoms with Crippen LogP contribution >= 0.6 is 7.44 Å². The lowest BCUT2D eigenvalue weighted by molar-refractivity contribution is -0.148. The predicted octanol–water partition coefficient (Wildman–Crippen LogP) is 1.20. The number of esters is 1. The van der Waals surface area contributed by atoms with E-state index in [1.165, 1.54) is 26.2 Å². The van der Waals surface area contributed by atoms with Crippen LogP contribution in [-0.2, 0) is 28.9 Å². The minimum absolute atomic E-state index is 0.00117. The van der Waals surface area contributed by atoms with Crippen molar-refractivity contribution in [3.63, 3.8) is 0 Å². The minimum atomic E-state index is -3.93. The van der Waals surface area contributed by atoms with E-state index in [1.807, 2.05) is 0 Å². The molecule has 1 aromatic carbocycles. The Balaban J connectivity index is 2.81. The number of methoxy groups -OCH3 is 1. The number of nitrogens with one attached hydrogen (secondary N) is 3. The highest BCUT2D eigenvalue weighted by Crippen LogP contribution is 2.35. The molecule has 1 aromatic rings. The standard InChI is InChI=1S/C14H24N3O6PS/c1-11(2)23-14(18)12(3)15-24(19,10-22-4)16-17-25(20,21)13-8-6-5-7-9-13/h5-9,11-12,17H,10H2,1-4H3,(H2,15,16,19)/t12-,24?/m0/s1. The second-order valence-electron chi connectivity index (χ2n) is 5.52. The lowest BCUT2D eigenvalue weighted by Crippen LogP contribution is -2.44. The van der Waals surface area contributed by atoms with E-state index < -0.39 is 29.5 Å². The van der Waals surface area contributed by atoms with Gasteiger partial charge in [0.2, 0.25) is 0 Å². The maximum absolute atomic E-state index is 12.8. The highest BCUT2D eigenvalue weighted by molar-refractivity contribution is 7.89. The number of rotatable bonds is 10. The first kappa shape index (κ1) is 21.8. The molecule has 1 unspecified atom stereocenters. The molecule has 3 N–H and O–H groups in total. The Morgan fingerprint density at radius 2 is 1.80 bits per heavy atom. The van der Waals surface area contributed by atoms with E-state index in [0.717, 1.165) is 0 Å². The third kappa shape index (κ3) is 7.23. The number of hydrazine groups is 1. The van der Waals surface area contributed by atoms with E-state index >= 15 is 0 Å². The molecule has 25 heavy (non-hydrogen) atoms. The topological polar surface area (TPSA) is 123 Å². The summed E-state index contributed by atoms with van der Waals surface area (Å²) in [4.78, 5) is 13.9. The van der Waals surface area contributed by atoms with Gasteiger partial charge in [0.15, 0.2) is 0 Å². The molecule has 0 aromatic heterocycles. The van der Waals surface area contributed by atoms with Gasteiger partial charge in [0.25, 0.3) is 17.5 Å². The van der Waals surface area contributed by atoms with Gasteiger partial charge in [0.1, 0.15) is 12.4 Å². The fraction of sp³-hybridized carbons (Fsp3) is 0.500. The molecule has 0 bridgehead atoms. The lowest BCUT2D eigenvalue weighted by Gasteiger charge is -2.24. The van der Waals surface area contributed by atoms with Gasteiger partial charge in [0, 0.05) is 7.11 Å². The zero-order valence-corrected chi connectivity index (χ0v) is 16.3. The van der Waals surface area contributed by atoms with Crippen molar-refractivity contribution in [3.05, 3.63) is 30.3 Å². The van der Waals surface area contributed by atoms with Crippen LogP contribution in [-0.4, -0.2) is 40.0 Å². The van der Waals surface area contributed by atoms with Crippen molar-refractivity contribution >= 4 is 23.4 Å².